The molecule has 204 valence electrons. The normalized spacial score (nSPS) is 13.6. The van der Waals surface area contributed by atoms with Gasteiger partial charge in [0.25, 0.3) is 0 Å². The Morgan fingerprint density at radius 2 is 1.92 bits per heavy atom. The van der Waals surface area contributed by atoms with Crippen molar-refractivity contribution in [2.45, 2.75) is 91.4 Å². The van der Waals surface area contributed by atoms with Crippen LogP contribution in [0.2, 0.25) is 5.02 Å². The lowest BCUT2D eigenvalue weighted by Gasteiger charge is -2.16. The van der Waals surface area contributed by atoms with Gasteiger partial charge in [0, 0.05) is 46.4 Å². The van der Waals surface area contributed by atoms with Crippen LogP contribution in [-0.4, -0.2) is 28.3 Å². The number of amides is 1. The van der Waals surface area contributed by atoms with Crippen molar-refractivity contribution in [3.05, 3.63) is 62.2 Å². The largest absolute Gasteiger partial charge is 0.490 e. The Morgan fingerprint density at radius 1 is 1.13 bits per heavy atom. The highest BCUT2D eigenvalue weighted by Gasteiger charge is 2.18. The number of pyridine rings is 1. The van der Waals surface area contributed by atoms with E-state index in [1.807, 2.05) is 18.2 Å². The Balaban J connectivity index is 1.47. The molecule has 2 aromatic heterocycles. The molecule has 38 heavy (non-hydrogen) atoms. The van der Waals surface area contributed by atoms with Crippen LogP contribution in [0.1, 0.15) is 73.3 Å². The molecule has 1 amide bonds. The van der Waals surface area contributed by atoms with E-state index < -0.39 is 6.09 Å². The van der Waals surface area contributed by atoms with Gasteiger partial charge in [-0.25, -0.2) is 14.8 Å². The number of rotatable bonds is 11. The van der Waals surface area contributed by atoms with Crippen molar-refractivity contribution < 1.29 is 14.3 Å². The van der Waals surface area contributed by atoms with Gasteiger partial charge < -0.3 is 14.8 Å². The molecule has 1 fully saturated rings. The topological polar surface area (TPSA) is 85.4 Å². The fourth-order valence-electron chi connectivity index (χ4n) is 4.58. The lowest BCUT2D eigenvalue weighted by Crippen LogP contribution is -2.18. The first-order valence-corrected chi connectivity index (χ1v) is 14.6. The zero-order chi connectivity index (χ0) is 27.1. The Hall–Kier alpha value is -2.84. The maximum Gasteiger partial charge on any atom is 0.411 e. The number of aryl methyl sites for hydroxylation is 4. The predicted octanol–water partition coefficient (Wildman–Crippen LogP) is 7.74. The van der Waals surface area contributed by atoms with Crippen molar-refractivity contribution in [1.29, 1.82) is 0 Å². The summed E-state index contributed by atoms with van der Waals surface area (Å²) in [6, 6.07) is 9.46. The number of anilines is 2. The number of nitrogens with one attached hydrogen (secondary N) is 2. The minimum atomic E-state index is -0.509. The molecule has 0 spiro atoms. The summed E-state index contributed by atoms with van der Waals surface area (Å²) in [4.78, 5) is 23.0. The molecular weight excluding hydrogens is 520 g/mol. The minimum Gasteiger partial charge on any atom is -0.490 e. The molecule has 1 aromatic carbocycles. The van der Waals surface area contributed by atoms with E-state index >= 15 is 0 Å². The molecule has 0 bridgehead atoms. The van der Waals surface area contributed by atoms with Gasteiger partial charge in [-0.1, -0.05) is 18.5 Å². The number of carbonyl (C=O) groups excluding carboxylic acids is 1. The molecule has 3 aromatic rings. The molecule has 0 unspecified atom stereocenters. The summed E-state index contributed by atoms with van der Waals surface area (Å²) < 4.78 is 11.5. The number of benzene rings is 1. The zero-order valence-corrected chi connectivity index (χ0v) is 24.2. The lowest BCUT2D eigenvalue weighted by molar-refractivity contribution is 0.130. The van der Waals surface area contributed by atoms with Gasteiger partial charge in [0.1, 0.15) is 11.6 Å². The number of hydrogen-bond acceptors (Lipinski definition) is 7. The van der Waals surface area contributed by atoms with Crippen molar-refractivity contribution in [2.24, 2.45) is 0 Å². The fraction of sp³-hybridized carbons (Fsp3) is 0.483. The van der Waals surface area contributed by atoms with E-state index in [0.717, 1.165) is 65.6 Å². The third-order valence-electron chi connectivity index (χ3n) is 6.33. The SMILES string of the molecule is CCc1sc(CCc2cc(OC3CCCC3)cc(NCc3cc(Cl)cc(NC(=O)OC(C)C)c3)n2)nc1C. The summed E-state index contributed by atoms with van der Waals surface area (Å²) in [6.45, 7) is 8.35. The van der Waals surface area contributed by atoms with Crippen molar-refractivity contribution in [2.75, 3.05) is 10.6 Å². The van der Waals surface area contributed by atoms with Gasteiger partial charge in [-0.15, -0.1) is 11.3 Å². The molecule has 1 saturated carbocycles. The van der Waals surface area contributed by atoms with Gasteiger partial charge in [-0.3, -0.25) is 5.32 Å². The maximum absolute atomic E-state index is 12.0. The second kappa shape index (κ2) is 13.3. The molecule has 0 aliphatic heterocycles. The standard InChI is InChI=1S/C29H37ClN4O3S/c1-5-26-19(4)32-28(38-26)11-10-22-15-25(37-24-8-6-7-9-24)16-27(33-22)31-17-20-12-21(30)14-23(13-20)34-29(35)36-18(2)3/h12-16,18,24H,5-11,17H2,1-4H3,(H,31,33)(H,34,35). The molecule has 4 rings (SSSR count). The molecule has 1 aliphatic rings. The summed E-state index contributed by atoms with van der Waals surface area (Å²) in [5.74, 6) is 1.59. The molecule has 2 heterocycles. The minimum absolute atomic E-state index is 0.206. The van der Waals surface area contributed by atoms with Crippen LogP contribution in [0.15, 0.2) is 30.3 Å². The number of nitrogens with zero attached hydrogens (tertiary/aromatic N) is 2. The van der Waals surface area contributed by atoms with Gasteiger partial charge in [-0.05, 0) is 83.1 Å². The number of hydrogen-bond donors (Lipinski definition) is 2. The lowest BCUT2D eigenvalue weighted by atomic mass is 10.2. The molecule has 0 atom stereocenters. The third-order valence-corrected chi connectivity index (χ3v) is 7.91. The fourth-order valence-corrected chi connectivity index (χ4v) is 5.85. The Kier molecular flexibility index (Phi) is 9.86. The first kappa shape index (κ1) is 28.2. The van der Waals surface area contributed by atoms with E-state index in [4.69, 9.17) is 31.0 Å². The van der Waals surface area contributed by atoms with Crippen LogP contribution in [0.5, 0.6) is 5.75 Å². The molecule has 0 saturated heterocycles. The van der Waals surface area contributed by atoms with Crippen molar-refractivity contribution >= 4 is 40.5 Å². The molecule has 1 aliphatic carbocycles. The predicted molar refractivity (Wildman–Crippen MR) is 155 cm³/mol. The first-order chi connectivity index (χ1) is 18.3. The summed E-state index contributed by atoms with van der Waals surface area (Å²) in [5, 5.41) is 7.83. The summed E-state index contributed by atoms with van der Waals surface area (Å²) >= 11 is 8.12. The quantitative estimate of drug-likeness (QED) is 0.251. The highest BCUT2D eigenvalue weighted by atomic mass is 35.5. The van der Waals surface area contributed by atoms with Gasteiger partial charge in [0.15, 0.2) is 0 Å². The number of ether oxygens (including phenoxy) is 2. The second-order valence-electron chi connectivity index (χ2n) is 9.95. The summed E-state index contributed by atoms with van der Waals surface area (Å²) in [5.41, 5.74) is 3.60. The molecule has 0 radical (unpaired) electrons. The van der Waals surface area contributed by atoms with Crippen LogP contribution in [-0.2, 0) is 30.5 Å². The highest BCUT2D eigenvalue weighted by Crippen LogP contribution is 2.28. The van der Waals surface area contributed by atoms with E-state index in [0.29, 0.717) is 17.3 Å². The smallest absolute Gasteiger partial charge is 0.411 e. The maximum atomic E-state index is 12.0. The van der Waals surface area contributed by atoms with Crippen molar-refractivity contribution in [1.82, 2.24) is 9.97 Å². The number of carbonyl (C=O) groups is 1. The molecule has 2 N–H and O–H groups in total. The Bertz CT molecular complexity index is 1240. The summed E-state index contributed by atoms with van der Waals surface area (Å²) in [7, 11) is 0. The number of thiazole rings is 1. The third kappa shape index (κ3) is 8.33. The monoisotopic (exact) mass is 556 g/mol. The summed E-state index contributed by atoms with van der Waals surface area (Å²) in [6.07, 6.45) is 6.81. The first-order valence-electron chi connectivity index (χ1n) is 13.4. The van der Waals surface area contributed by atoms with Crippen LogP contribution in [0, 0.1) is 6.92 Å². The molecule has 9 heteroatoms. The second-order valence-corrected chi connectivity index (χ2v) is 11.6. The van der Waals surface area contributed by atoms with E-state index in [2.05, 4.69) is 30.5 Å². The van der Waals surface area contributed by atoms with E-state index in [1.165, 1.54) is 17.7 Å². The van der Waals surface area contributed by atoms with Crippen LogP contribution in [0.4, 0.5) is 16.3 Å². The van der Waals surface area contributed by atoms with Gasteiger partial charge in [0.2, 0.25) is 0 Å². The van der Waals surface area contributed by atoms with Gasteiger partial charge in [-0.2, -0.15) is 0 Å². The van der Waals surface area contributed by atoms with Crippen molar-refractivity contribution in [3.8, 4) is 5.75 Å². The average molecular weight is 557 g/mol. The van der Waals surface area contributed by atoms with Gasteiger partial charge in [0.05, 0.1) is 22.9 Å². The highest BCUT2D eigenvalue weighted by molar-refractivity contribution is 7.11. The Morgan fingerprint density at radius 3 is 2.63 bits per heavy atom. The van der Waals surface area contributed by atoms with Crippen LogP contribution in [0.3, 0.4) is 0 Å². The van der Waals surface area contributed by atoms with E-state index in [1.54, 1.807) is 31.3 Å². The van der Waals surface area contributed by atoms with Crippen molar-refractivity contribution in [3.63, 3.8) is 0 Å². The zero-order valence-electron chi connectivity index (χ0n) is 22.6. The van der Waals surface area contributed by atoms with E-state index in [9.17, 15) is 4.79 Å². The number of aromatic nitrogens is 2. The Labute approximate surface area is 234 Å². The van der Waals surface area contributed by atoms with Crippen LogP contribution >= 0.6 is 22.9 Å². The van der Waals surface area contributed by atoms with Gasteiger partial charge >= 0.3 is 6.09 Å². The van der Waals surface area contributed by atoms with Crippen LogP contribution in [0.25, 0.3) is 0 Å². The number of halogens is 1. The van der Waals surface area contributed by atoms with Crippen LogP contribution < -0.4 is 15.4 Å². The average Bonchev–Trinajstić information content (AvgIpc) is 3.49. The van der Waals surface area contributed by atoms with E-state index in [-0.39, 0.29) is 12.2 Å². The molecule has 7 nitrogen and oxygen atoms in total. The molecular formula is C29H37ClN4O3S.